The second kappa shape index (κ2) is 10.5. The highest BCUT2D eigenvalue weighted by atomic mass is 35.5. The van der Waals surface area contributed by atoms with Crippen LogP contribution in [0.1, 0.15) is 31.7 Å². The largest absolute Gasteiger partial charge is 0.381 e. The van der Waals surface area contributed by atoms with E-state index in [2.05, 4.69) is 12.2 Å². The molecule has 0 saturated carbocycles. The number of hydrogen-bond acceptors (Lipinski definition) is 2. The third-order valence-electron chi connectivity index (χ3n) is 3.04. The van der Waals surface area contributed by atoms with Gasteiger partial charge in [0, 0.05) is 38.4 Å². The molecule has 1 aromatic carbocycles. The van der Waals surface area contributed by atoms with E-state index in [9.17, 15) is 4.79 Å². The van der Waals surface area contributed by atoms with Crippen LogP contribution < -0.4 is 5.32 Å². The number of halogens is 1. The first-order valence-electron chi connectivity index (χ1n) is 7.44. The molecule has 0 unspecified atom stereocenters. The van der Waals surface area contributed by atoms with E-state index in [1.807, 2.05) is 24.3 Å². The molecule has 4 nitrogen and oxygen atoms in total. The molecule has 1 N–H and O–H groups in total. The van der Waals surface area contributed by atoms with Gasteiger partial charge in [0.2, 0.25) is 0 Å². The number of urea groups is 1. The van der Waals surface area contributed by atoms with Crippen molar-refractivity contribution in [1.29, 1.82) is 0 Å². The maximum absolute atomic E-state index is 11.9. The first kappa shape index (κ1) is 17.8. The van der Waals surface area contributed by atoms with Crippen molar-refractivity contribution in [1.82, 2.24) is 10.2 Å². The van der Waals surface area contributed by atoms with E-state index in [1.54, 1.807) is 11.9 Å². The molecule has 21 heavy (non-hydrogen) atoms. The van der Waals surface area contributed by atoms with Crippen LogP contribution in [0.15, 0.2) is 24.3 Å². The van der Waals surface area contributed by atoms with Crippen molar-refractivity contribution in [2.45, 2.75) is 32.7 Å². The average Bonchev–Trinajstić information content (AvgIpc) is 2.46. The van der Waals surface area contributed by atoms with Gasteiger partial charge in [-0.15, -0.1) is 0 Å². The smallest absolute Gasteiger partial charge is 0.317 e. The number of hydrogen-bond donors (Lipinski definition) is 1. The van der Waals surface area contributed by atoms with Crippen LogP contribution in [0.3, 0.4) is 0 Å². The number of benzene rings is 1. The van der Waals surface area contributed by atoms with Gasteiger partial charge in [0.15, 0.2) is 0 Å². The number of amides is 2. The lowest BCUT2D eigenvalue weighted by molar-refractivity contribution is 0.128. The zero-order valence-corrected chi connectivity index (χ0v) is 13.7. The van der Waals surface area contributed by atoms with Crippen LogP contribution in [0.2, 0.25) is 5.02 Å². The number of unbranched alkanes of at least 4 members (excludes halogenated alkanes) is 1. The first-order chi connectivity index (χ1) is 10.1. The molecule has 1 aromatic rings. The summed E-state index contributed by atoms with van der Waals surface area (Å²) in [6, 6.07) is 7.45. The fraction of sp³-hybridized carbons (Fsp3) is 0.562. The molecule has 0 aliphatic heterocycles. The molecule has 5 heteroatoms. The molecule has 0 bridgehead atoms. The molecule has 1 rings (SSSR count). The Labute approximate surface area is 132 Å². The van der Waals surface area contributed by atoms with Crippen LogP contribution in [-0.4, -0.2) is 37.7 Å². The molecule has 0 radical (unpaired) electrons. The van der Waals surface area contributed by atoms with E-state index in [0.717, 1.165) is 31.4 Å². The second-order valence-electron chi connectivity index (χ2n) is 5.04. The van der Waals surface area contributed by atoms with Gasteiger partial charge < -0.3 is 15.0 Å². The van der Waals surface area contributed by atoms with Crippen LogP contribution in [0.4, 0.5) is 4.79 Å². The molecule has 0 spiro atoms. The molecule has 0 aliphatic rings. The molecule has 0 fully saturated rings. The number of nitrogens with zero attached hydrogens (tertiary/aromatic N) is 1. The van der Waals surface area contributed by atoms with Crippen molar-refractivity contribution in [3.8, 4) is 0 Å². The SMILES string of the molecule is CCCCOCCCNC(=O)N(C)Cc1cccc(Cl)c1. The van der Waals surface area contributed by atoms with Crippen LogP contribution in [0.25, 0.3) is 0 Å². The molecular weight excluding hydrogens is 288 g/mol. The Hall–Kier alpha value is -1.26. The molecule has 0 aromatic heterocycles. The van der Waals surface area contributed by atoms with Gasteiger partial charge in [0.1, 0.15) is 0 Å². The Morgan fingerprint density at radius 1 is 1.33 bits per heavy atom. The maximum Gasteiger partial charge on any atom is 0.317 e. The predicted molar refractivity (Wildman–Crippen MR) is 86.7 cm³/mol. The minimum atomic E-state index is -0.0801. The summed E-state index contributed by atoms with van der Waals surface area (Å²) in [6.45, 7) is 4.81. The summed E-state index contributed by atoms with van der Waals surface area (Å²) in [5, 5.41) is 3.57. The van der Waals surface area contributed by atoms with Crippen molar-refractivity contribution in [3.63, 3.8) is 0 Å². The summed E-state index contributed by atoms with van der Waals surface area (Å²) in [7, 11) is 1.77. The van der Waals surface area contributed by atoms with E-state index in [0.29, 0.717) is 24.7 Å². The van der Waals surface area contributed by atoms with E-state index in [4.69, 9.17) is 16.3 Å². The van der Waals surface area contributed by atoms with Crippen LogP contribution in [0, 0.1) is 0 Å². The fourth-order valence-electron chi connectivity index (χ4n) is 1.83. The lowest BCUT2D eigenvalue weighted by Gasteiger charge is -2.18. The summed E-state index contributed by atoms with van der Waals surface area (Å²) < 4.78 is 5.45. The van der Waals surface area contributed by atoms with Gasteiger partial charge in [-0.25, -0.2) is 4.79 Å². The van der Waals surface area contributed by atoms with Crippen molar-refractivity contribution in [2.24, 2.45) is 0 Å². The molecule has 0 saturated heterocycles. The van der Waals surface area contributed by atoms with E-state index in [1.165, 1.54) is 0 Å². The standard InChI is InChI=1S/C16H25ClN2O2/c1-3-4-10-21-11-6-9-18-16(20)19(2)13-14-7-5-8-15(17)12-14/h5,7-8,12H,3-4,6,9-11,13H2,1-2H3,(H,18,20). The number of nitrogens with one attached hydrogen (secondary N) is 1. The summed E-state index contributed by atoms with van der Waals surface area (Å²) in [4.78, 5) is 13.6. The summed E-state index contributed by atoms with van der Waals surface area (Å²) in [5.74, 6) is 0. The van der Waals surface area contributed by atoms with Gasteiger partial charge in [-0.05, 0) is 30.5 Å². The monoisotopic (exact) mass is 312 g/mol. The number of ether oxygens (including phenoxy) is 1. The van der Waals surface area contributed by atoms with Crippen LogP contribution >= 0.6 is 11.6 Å². The minimum Gasteiger partial charge on any atom is -0.381 e. The van der Waals surface area contributed by atoms with Crippen molar-refractivity contribution in [3.05, 3.63) is 34.9 Å². The molecular formula is C16H25ClN2O2. The molecule has 0 aliphatic carbocycles. The zero-order chi connectivity index (χ0) is 15.5. The number of carbonyl (C=O) groups is 1. The Morgan fingerprint density at radius 3 is 2.81 bits per heavy atom. The lowest BCUT2D eigenvalue weighted by atomic mass is 10.2. The highest BCUT2D eigenvalue weighted by molar-refractivity contribution is 6.30. The first-order valence-corrected chi connectivity index (χ1v) is 7.82. The Balaban J connectivity index is 2.16. The minimum absolute atomic E-state index is 0.0801. The van der Waals surface area contributed by atoms with E-state index in [-0.39, 0.29) is 6.03 Å². The zero-order valence-electron chi connectivity index (χ0n) is 12.9. The molecule has 118 valence electrons. The van der Waals surface area contributed by atoms with Gasteiger partial charge in [0.05, 0.1) is 0 Å². The van der Waals surface area contributed by atoms with Gasteiger partial charge in [-0.3, -0.25) is 0 Å². The van der Waals surface area contributed by atoms with Crippen molar-refractivity contribution < 1.29 is 9.53 Å². The summed E-state index contributed by atoms with van der Waals surface area (Å²) in [5.41, 5.74) is 1.02. The van der Waals surface area contributed by atoms with Crippen molar-refractivity contribution in [2.75, 3.05) is 26.8 Å². The lowest BCUT2D eigenvalue weighted by Crippen LogP contribution is -2.37. The van der Waals surface area contributed by atoms with Gasteiger partial charge in [0.25, 0.3) is 0 Å². The van der Waals surface area contributed by atoms with E-state index >= 15 is 0 Å². The summed E-state index contributed by atoms with van der Waals surface area (Å²) in [6.07, 6.45) is 3.07. The molecule has 2 amide bonds. The van der Waals surface area contributed by atoms with Gasteiger partial charge in [-0.1, -0.05) is 37.1 Å². The second-order valence-corrected chi connectivity index (χ2v) is 5.47. The fourth-order valence-corrected chi connectivity index (χ4v) is 2.05. The molecule has 0 atom stereocenters. The topological polar surface area (TPSA) is 41.6 Å². The third-order valence-corrected chi connectivity index (χ3v) is 3.27. The Bertz CT molecular complexity index is 426. The third kappa shape index (κ3) is 7.93. The highest BCUT2D eigenvalue weighted by Crippen LogP contribution is 2.12. The van der Waals surface area contributed by atoms with Gasteiger partial charge >= 0.3 is 6.03 Å². The van der Waals surface area contributed by atoms with Crippen LogP contribution in [0.5, 0.6) is 0 Å². The maximum atomic E-state index is 11.9. The van der Waals surface area contributed by atoms with E-state index < -0.39 is 0 Å². The number of rotatable bonds is 9. The quantitative estimate of drug-likeness (QED) is 0.707. The predicted octanol–water partition coefficient (Wildman–Crippen LogP) is 3.69. The molecule has 0 heterocycles. The van der Waals surface area contributed by atoms with Crippen molar-refractivity contribution >= 4 is 17.6 Å². The Kier molecular flexibility index (Phi) is 8.87. The normalized spacial score (nSPS) is 10.4. The summed E-state index contributed by atoms with van der Waals surface area (Å²) >= 11 is 5.93. The number of carbonyl (C=O) groups excluding carboxylic acids is 1. The Morgan fingerprint density at radius 2 is 2.10 bits per heavy atom. The van der Waals surface area contributed by atoms with Gasteiger partial charge in [-0.2, -0.15) is 0 Å². The highest BCUT2D eigenvalue weighted by Gasteiger charge is 2.08. The van der Waals surface area contributed by atoms with Crippen LogP contribution in [-0.2, 0) is 11.3 Å². The average molecular weight is 313 g/mol.